The lowest BCUT2D eigenvalue weighted by atomic mass is 10.1. The van der Waals surface area contributed by atoms with E-state index in [2.05, 4.69) is 20.7 Å². The first-order chi connectivity index (χ1) is 13.0. The zero-order valence-electron chi connectivity index (χ0n) is 14.4. The van der Waals surface area contributed by atoms with E-state index < -0.39 is 6.04 Å². The number of aromatic nitrogens is 3. The van der Waals surface area contributed by atoms with Gasteiger partial charge in [-0.3, -0.25) is 14.9 Å². The molecule has 1 unspecified atom stereocenters. The number of aryl methyl sites for hydroxylation is 1. The molecular formula is C19H16ClN5O2. The van der Waals surface area contributed by atoms with Crippen LogP contribution in [0.15, 0.2) is 48.5 Å². The molecule has 1 atom stereocenters. The number of nitrogens with one attached hydrogen (secondary N) is 2. The highest BCUT2D eigenvalue weighted by atomic mass is 35.5. The van der Waals surface area contributed by atoms with Gasteiger partial charge in [-0.2, -0.15) is 4.98 Å². The van der Waals surface area contributed by atoms with Gasteiger partial charge in [-0.1, -0.05) is 48.0 Å². The second-order valence-electron chi connectivity index (χ2n) is 6.31. The standard InChI is InChI=1S/C19H16ClN5O2/c1-11-7-8-14(13(20)9-11)21-18(27)15-10-16(26)22-19-23-17(24-25(15)19)12-5-3-2-4-6-12/h2-9,15H,10H2,1H3,(H,21,27)(H,22,23,24,26). The molecule has 1 aromatic heterocycles. The lowest BCUT2D eigenvalue weighted by molar-refractivity contribution is -0.125. The van der Waals surface area contributed by atoms with Gasteiger partial charge in [-0.05, 0) is 24.6 Å². The molecule has 0 saturated heterocycles. The summed E-state index contributed by atoms with van der Waals surface area (Å²) in [6.45, 7) is 1.91. The molecule has 0 aliphatic carbocycles. The predicted molar refractivity (Wildman–Crippen MR) is 103 cm³/mol. The first-order valence-corrected chi connectivity index (χ1v) is 8.78. The van der Waals surface area contributed by atoms with Crippen molar-refractivity contribution in [3.05, 3.63) is 59.1 Å². The summed E-state index contributed by atoms with van der Waals surface area (Å²) in [6, 6.07) is 13.9. The van der Waals surface area contributed by atoms with E-state index >= 15 is 0 Å². The SMILES string of the molecule is Cc1ccc(NC(=O)C2CC(=O)Nc3nc(-c4ccccc4)nn32)c(Cl)c1. The Morgan fingerprint density at radius 3 is 2.78 bits per heavy atom. The number of amides is 2. The molecule has 27 heavy (non-hydrogen) atoms. The van der Waals surface area contributed by atoms with Crippen LogP contribution in [0.3, 0.4) is 0 Å². The van der Waals surface area contributed by atoms with Gasteiger partial charge in [0.15, 0.2) is 5.82 Å². The monoisotopic (exact) mass is 381 g/mol. The van der Waals surface area contributed by atoms with Crippen molar-refractivity contribution in [2.75, 3.05) is 10.6 Å². The smallest absolute Gasteiger partial charge is 0.249 e. The molecule has 1 aliphatic rings. The van der Waals surface area contributed by atoms with Crippen LogP contribution in [0.1, 0.15) is 18.0 Å². The molecule has 0 radical (unpaired) electrons. The summed E-state index contributed by atoms with van der Waals surface area (Å²) in [5.74, 6) is 0.0326. The van der Waals surface area contributed by atoms with E-state index in [1.54, 1.807) is 12.1 Å². The average molecular weight is 382 g/mol. The minimum atomic E-state index is -0.809. The number of fused-ring (bicyclic) bond motifs is 1. The highest BCUT2D eigenvalue weighted by molar-refractivity contribution is 6.33. The Bertz CT molecular complexity index is 1030. The third-order valence-corrected chi connectivity index (χ3v) is 4.59. The number of carbonyl (C=O) groups excluding carboxylic acids is 2. The lowest BCUT2D eigenvalue weighted by Crippen LogP contribution is -2.36. The van der Waals surface area contributed by atoms with E-state index in [1.165, 1.54) is 4.68 Å². The second-order valence-corrected chi connectivity index (χ2v) is 6.72. The number of halogens is 1. The molecule has 0 saturated carbocycles. The number of carbonyl (C=O) groups is 2. The number of hydrogen-bond donors (Lipinski definition) is 2. The van der Waals surface area contributed by atoms with Gasteiger partial charge in [0.2, 0.25) is 17.8 Å². The van der Waals surface area contributed by atoms with Crippen molar-refractivity contribution in [1.29, 1.82) is 0 Å². The zero-order chi connectivity index (χ0) is 19.0. The molecule has 7 nitrogen and oxygen atoms in total. The molecule has 4 rings (SSSR count). The van der Waals surface area contributed by atoms with E-state index in [9.17, 15) is 9.59 Å². The van der Waals surface area contributed by atoms with Gasteiger partial charge in [0.25, 0.3) is 0 Å². The minimum absolute atomic E-state index is 0.0279. The van der Waals surface area contributed by atoms with Crippen LogP contribution in [0.25, 0.3) is 11.4 Å². The number of hydrogen-bond acceptors (Lipinski definition) is 4. The summed E-state index contributed by atoms with van der Waals surface area (Å²) in [7, 11) is 0. The van der Waals surface area contributed by atoms with Crippen LogP contribution in [-0.2, 0) is 9.59 Å². The summed E-state index contributed by atoms with van der Waals surface area (Å²) in [4.78, 5) is 29.2. The number of anilines is 2. The fraction of sp³-hybridized carbons (Fsp3) is 0.158. The maximum absolute atomic E-state index is 12.8. The summed E-state index contributed by atoms with van der Waals surface area (Å²) in [6.07, 6.45) is -0.0279. The molecule has 1 aliphatic heterocycles. The molecule has 0 spiro atoms. The molecule has 3 aromatic rings. The lowest BCUT2D eigenvalue weighted by Gasteiger charge is -2.22. The van der Waals surface area contributed by atoms with Crippen molar-refractivity contribution >= 4 is 35.1 Å². The fourth-order valence-electron chi connectivity index (χ4n) is 2.91. The molecule has 2 amide bonds. The largest absolute Gasteiger partial charge is 0.323 e. The summed E-state index contributed by atoms with van der Waals surface area (Å²) in [5, 5.41) is 10.3. The van der Waals surface area contributed by atoms with Gasteiger partial charge in [0.05, 0.1) is 17.1 Å². The highest BCUT2D eigenvalue weighted by Gasteiger charge is 2.33. The van der Waals surface area contributed by atoms with E-state index in [0.717, 1.165) is 11.1 Å². The van der Waals surface area contributed by atoms with Crippen LogP contribution in [0.4, 0.5) is 11.6 Å². The van der Waals surface area contributed by atoms with Crippen molar-refractivity contribution < 1.29 is 9.59 Å². The van der Waals surface area contributed by atoms with Gasteiger partial charge in [-0.15, -0.1) is 5.10 Å². The first-order valence-electron chi connectivity index (χ1n) is 8.40. The average Bonchev–Trinajstić information content (AvgIpc) is 3.08. The number of benzene rings is 2. The van der Waals surface area contributed by atoms with E-state index in [0.29, 0.717) is 16.5 Å². The van der Waals surface area contributed by atoms with Crippen molar-refractivity contribution in [3.63, 3.8) is 0 Å². The van der Waals surface area contributed by atoms with Crippen LogP contribution in [0, 0.1) is 6.92 Å². The van der Waals surface area contributed by atoms with E-state index in [1.807, 2.05) is 43.3 Å². The molecule has 136 valence electrons. The first kappa shape index (κ1) is 17.2. The van der Waals surface area contributed by atoms with Crippen molar-refractivity contribution in [2.45, 2.75) is 19.4 Å². The van der Waals surface area contributed by atoms with Crippen molar-refractivity contribution in [3.8, 4) is 11.4 Å². The topological polar surface area (TPSA) is 88.9 Å². The quantitative estimate of drug-likeness (QED) is 0.727. The fourth-order valence-corrected chi connectivity index (χ4v) is 3.20. The van der Waals surface area contributed by atoms with Gasteiger partial charge in [0.1, 0.15) is 6.04 Å². The van der Waals surface area contributed by atoms with Crippen LogP contribution >= 0.6 is 11.6 Å². The highest BCUT2D eigenvalue weighted by Crippen LogP contribution is 2.29. The molecule has 2 N–H and O–H groups in total. The van der Waals surface area contributed by atoms with E-state index in [4.69, 9.17) is 11.6 Å². The molecule has 2 aromatic carbocycles. The third-order valence-electron chi connectivity index (χ3n) is 4.27. The maximum atomic E-state index is 12.8. The van der Waals surface area contributed by atoms with Gasteiger partial charge < -0.3 is 5.32 Å². The Morgan fingerprint density at radius 2 is 2.04 bits per heavy atom. The van der Waals surface area contributed by atoms with E-state index in [-0.39, 0.29) is 24.2 Å². The van der Waals surface area contributed by atoms with Crippen molar-refractivity contribution in [2.24, 2.45) is 0 Å². The summed E-state index contributed by atoms with van der Waals surface area (Å²) in [5.41, 5.74) is 2.28. The second kappa shape index (κ2) is 6.85. The summed E-state index contributed by atoms with van der Waals surface area (Å²) >= 11 is 6.20. The molecule has 0 fully saturated rings. The normalized spacial score (nSPS) is 15.8. The molecule has 2 heterocycles. The van der Waals surface area contributed by atoms with Crippen LogP contribution in [0.5, 0.6) is 0 Å². The predicted octanol–water partition coefficient (Wildman–Crippen LogP) is 3.43. The molecular weight excluding hydrogens is 366 g/mol. The molecule has 0 bridgehead atoms. The van der Waals surface area contributed by atoms with Crippen molar-refractivity contribution in [1.82, 2.24) is 14.8 Å². The number of nitrogens with zero attached hydrogens (tertiary/aromatic N) is 3. The Labute approximate surface area is 160 Å². The molecule has 8 heteroatoms. The Morgan fingerprint density at radius 1 is 1.26 bits per heavy atom. The maximum Gasteiger partial charge on any atom is 0.249 e. The third kappa shape index (κ3) is 3.41. The van der Waals surface area contributed by atoms with Crippen LogP contribution in [-0.4, -0.2) is 26.6 Å². The Hall–Kier alpha value is -3.19. The minimum Gasteiger partial charge on any atom is -0.323 e. The zero-order valence-corrected chi connectivity index (χ0v) is 15.2. The van der Waals surface area contributed by atoms with Gasteiger partial charge >= 0.3 is 0 Å². The van der Waals surface area contributed by atoms with Crippen LogP contribution in [0.2, 0.25) is 5.02 Å². The summed E-state index contributed by atoms with van der Waals surface area (Å²) < 4.78 is 1.45. The number of rotatable bonds is 3. The van der Waals surface area contributed by atoms with Gasteiger partial charge in [-0.25, -0.2) is 4.68 Å². The van der Waals surface area contributed by atoms with Crippen LogP contribution < -0.4 is 10.6 Å². The Kier molecular flexibility index (Phi) is 4.37. The Balaban J connectivity index is 1.65. The van der Waals surface area contributed by atoms with Gasteiger partial charge in [0, 0.05) is 5.56 Å².